The quantitative estimate of drug-likeness (QED) is 0.878. The van der Waals surface area contributed by atoms with Crippen LogP contribution < -0.4 is 4.90 Å². The van der Waals surface area contributed by atoms with Crippen molar-refractivity contribution in [1.82, 2.24) is 0 Å². The van der Waals surface area contributed by atoms with Gasteiger partial charge in [-0.2, -0.15) is 0 Å². The van der Waals surface area contributed by atoms with Gasteiger partial charge in [0.05, 0.1) is 7.11 Å². The number of carbonyl (C=O) groups excluding carboxylic acids is 2. The van der Waals surface area contributed by atoms with Crippen LogP contribution in [0.3, 0.4) is 0 Å². The number of nitrogens with zero attached hydrogens (tertiary/aromatic N) is 1. The first-order chi connectivity index (χ1) is 11.0. The third kappa shape index (κ3) is 2.12. The first kappa shape index (κ1) is 15.2. The van der Waals surface area contributed by atoms with Gasteiger partial charge in [-0.1, -0.05) is 48.5 Å². The maximum atomic E-state index is 12.8. The van der Waals surface area contributed by atoms with E-state index in [9.17, 15) is 14.7 Å². The van der Waals surface area contributed by atoms with Crippen LogP contribution in [0, 0.1) is 0 Å². The van der Waals surface area contributed by atoms with Crippen LogP contribution in [0.1, 0.15) is 17.0 Å². The second-order valence-corrected chi connectivity index (χ2v) is 5.51. The van der Waals surface area contributed by atoms with E-state index in [2.05, 4.69) is 0 Å². The minimum absolute atomic E-state index is 0.329. The number of para-hydroxylation sites is 1. The number of ether oxygens (including phenoxy) is 1. The number of rotatable bonds is 3. The molecule has 0 aliphatic carbocycles. The van der Waals surface area contributed by atoms with Crippen molar-refractivity contribution >= 4 is 17.6 Å². The number of anilines is 1. The summed E-state index contributed by atoms with van der Waals surface area (Å²) in [6.07, 6.45) is 0. The fourth-order valence-electron chi connectivity index (χ4n) is 3.14. The topological polar surface area (TPSA) is 66.8 Å². The van der Waals surface area contributed by atoms with E-state index in [-0.39, 0.29) is 5.91 Å². The van der Waals surface area contributed by atoms with Gasteiger partial charge in [-0.15, -0.1) is 0 Å². The summed E-state index contributed by atoms with van der Waals surface area (Å²) in [6.45, 7) is 0. The predicted octanol–water partition coefficient (Wildman–Crippen LogP) is 1.81. The summed E-state index contributed by atoms with van der Waals surface area (Å²) in [7, 11) is 2.83. The average molecular weight is 311 g/mol. The number of benzene rings is 2. The molecule has 1 aliphatic rings. The molecule has 0 radical (unpaired) electrons. The molecular formula is C18H17NO4. The first-order valence-corrected chi connectivity index (χ1v) is 7.24. The molecule has 1 N–H and O–H groups in total. The normalized spacial score (nSPS) is 19.2. The number of esters is 1. The molecule has 1 amide bonds. The number of hydrogen-bond acceptors (Lipinski definition) is 4. The van der Waals surface area contributed by atoms with Crippen LogP contribution in [0.2, 0.25) is 0 Å². The van der Waals surface area contributed by atoms with Gasteiger partial charge in [0.1, 0.15) is 5.92 Å². The van der Waals surface area contributed by atoms with Crippen molar-refractivity contribution in [1.29, 1.82) is 0 Å². The molecule has 0 saturated heterocycles. The summed E-state index contributed by atoms with van der Waals surface area (Å²) in [6, 6.07) is 15.5. The molecule has 1 aliphatic heterocycles. The van der Waals surface area contributed by atoms with Crippen molar-refractivity contribution < 1.29 is 19.4 Å². The Morgan fingerprint density at radius 3 is 2.39 bits per heavy atom. The lowest BCUT2D eigenvalue weighted by atomic mass is 9.78. The highest BCUT2D eigenvalue weighted by Crippen LogP contribution is 2.47. The third-order valence-electron chi connectivity index (χ3n) is 4.31. The predicted molar refractivity (Wildman–Crippen MR) is 84.9 cm³/mol. The van der Waals surface area contributed by atoms with E-state index in [1.165, 1.54) is 12.0 Å². The van der Waals surface area contributed by atoms with Crippen molar-refractivity contribution in [3.05, 3.63) is 65.7 Å². The number of fused-ring (bicyclic) bond motifs is 1. The summed E-state index contributed by atoms with van der Waals surface area (Å²) < 4.78 is 4.82. The zero-order valence-corrected chi connectivity index (χ0v) is 12.9. The van der Waals surface area contributed by atoms with Gasteiger partial charge >= 0.3 is 5.97 Å². The number of likely N-dealkylation sites (N-methyl/N-ethyl adjacent to an activating group) is 1. The Morgan fingerprint density at radius 1 is 1.13 bits per heavy atom. The first-order valence-electron chi connectivity index (χ1n) is 7.24. The Hall–Kier alpha value is -2.66. The van der Waals surface area contributed by atoms with E-state index < -0.39 is 17.5 Å². The highest BCUT2D eigenvalue weighted by atomic mass is 16.5. The van der Waals surface area contributed by atoms with Gasteiger partial charge in [0.15, 0.2) is 0 Å². The molecular weight excluding hydrogens is 294 g/mol. The maximum absolute atomic E-state index is 12.8. The standard InChI is InChI=1S/C18H17NO4/c1-19-14-11-7-6-10-13(14)15(16(19)20)18(22,17(21)23-2)12-8-4-3-5-9-12/h3-11,15,22H,1-2H3. The average Bonchev–Trinajstić information content (AvgIpc) is 2.86. The lowest BCUT2D eigenvalue weighted by Crippen LogP contribution is -2.46. The number of carbonyl (C=O) groups is 2. The largest absolute Gasteiger partial charge is 0.467 e. The Labute approximate surface area is 134 Å². The molecule has 0 aromatic heterocycles. The van der Waals surface area contributed by atoms with Crippen molar-refractivity contribution in [2.75, 3.05) is 19.1 Å². The van der Waals surface area contributed by atoms with Gasteiger partial charge in [0.2, 0.25) is 11.5 Å². The number of amides is 1. The second kappa shape index (κ2) is 5.52. The van der Waals surface area contributed by atoms with Crippen LogP contribution in [0.5, 0.6) is 0 Å². The van der Waals surface area contributed by atoms with Gasteiger partial charge in [-0.3, -0.25) is 4.79 Å². The number of methoxy groups -OCH3 is 1. The minimum Gasteiger partial charge on any atom is -0.467 e. The van der Waals surface area contributed by atoms with Gasteiger partial charge in [-0.05, 0) is 17.2 Å². The van der Waals surface area contributed by atoms with E-state index in [1.807, 2.05) is 6.07 Å². The molecule has 2 unspecified atom stereocenters. The van der Waals surface area contributed by atoms with Gasteiger partial charge < -0.3 is 14.7 Å². The maximum Gasteiger partial charge on any atom is 0.343 e. The lowest BCUT2D eigenvalue weighted by Gasteiger charge is -2.30. The molecule has 5 nitrogen and oxygen atoms in total. The molecule has 3 rings (SSSR count). The second-order valence-electron chi connectivity index (χ2n) is 5.51. The lowest BCUT2D eigenvalue weighted by molar-refractivity contribution is -0.168. The SMILES string of the molecule is COC(=O)C(O)(c1ccccc1)C1C(=O)N(C)c2ccccc21. The minimum atomic E-state index is -2.08. The molecule has 118 valence electrons. The summed E-state index contributed by atoms with van der Waals surface area (Å²) >= 11 is 0. The molecule has 1 heterocycles. The Kier molecular flexibility index (Phi) is 3.66. The molecule has 0 saturated carbocycles. The van der Waals surface area contributed by atoms with Crippen molar-refractivity contribution in [3.63, 3.8) is 0 Å². The molecule has 23 heavy (non-hydrogen) atoms. The Morgan fingerprint density at radius 2 is 1.74 bits per heavy atom. The van der Waals surface area contributed by atoms with E-state index in [1.54, 1.807) is 55.6 Å². The molecule has 0 bridgehead atoms. The summed E-state index contributed by atoms with van der Waals surface area (Å²) in [5, 5.41) is 11.3. The van der Waals surface area contributed by atoms with Gasteiger partial charge in [-0.25, -0.2) is 4.79 Å². The smallest absolute Gasteiger partial charge is 0.343 e. The van der Waals surface area contributed by atoms with Crippen molar-refractivity contribution in [3.8, 4) is 0 Å². The molecule has 0 fully saturated rings. The van der Waals surface area contributed by atoms with Crippen LogP contribution in [-0.4, -0.2) is 31.1 Å². The van der Waals surface area contributed by atoms with E-state index in [0.717, 1.165) is 0 Å². The number of hydrogen-bond donors (Lipinski definition) is 1. The van der Waals surface area contributed by atoms with Crippen LogP contribution in [-0.2, 0) is 19.9 Å². The van der Waals surface area contributed by atoms with Crippen molar-refractivity contribution in [2.45, 2.75) is 11.5 Å². The zero-order chi connectivity index (χ0) is 16.6. The highest BCUT2D eigenvalue weighted by molar-refractivity contribution is 6.08. The van der Waals surface area contributed by atoms with Crippen LogP contribution in [0.25, 0.3) is 0 Å². The van der Waals surface area contributed by atoms with Crippen LogP contribution in [0.4, 0.5) is 5.69 Å². The Bertz CT molecular complexity index is 759. The van der Waals surface area contributed by atoms with Gasteiger partial charge in [0.25, 0.3) is 0 Å². The highest BCUT2D eigenvalue weighted by Gasteiger charge is 2.55. The summed E-state index contributed by atoms with van der Waals surface area (Å²) in [5.41, 5.74) is -0.457. The molecule has 2 aromatic carbocycles. The third-order valence-corrected chi connectivity index (χ3v) is 4.31. The van der Waals surface area contributed by atoms with Crippen LogP contribution in [0.15, 0.2) is 54.6 Å². The zero-order valence-electron chi connectivity index (χ0n) is 12.9. The van der Waals surface area contributed by atoms with Gasteiger partial charge in [0, 0.05) is 12.7 Å². The molecule has 0 spiro atoms. The fourth-order valence-corrected chi connectivity index (χ4v) is 3.14. The number of aliphatic hydroxyl groups is 1. The summed E-state index contributed by atoms with van der Waals surface area (Å²) in [4.78, 5) is 26.7. The van der Waals surface area contributed by atoms with E-state index in [4.69, 9.17) is 4.74 Å². The van der Waals surface area contributed by atoms with E-state index >= 15 is 0 Å². The van der Waals surface area contributed by atoms with E-state index in [0.29, 0.717) is 16.8 Å². The molecule has 2 aromatic rings. The fraction of sp³-hybridized carbons (Fsp3) is 0.222. The molecule has 2 atom stereocenters. The Balaban J connectivity index is 2.23. The molecule has 5 heteroatoms. The summed E-state index contributed by atoms with van der Waals surface area (Å²) in [5.74, 6) is -2.24. The monoisotopic (exact) mass is 311 g/mol. The van der Waals surface area contributed by atoms with Crippen molar-refractivity contribution in [2.24, 2.45) is 0 Å². The van der Waals surface area contributed by atoms with Crippen LogP contribution >= 0.6 is 0 Å².